The van der Waals surface area contributed by atoms with Gasteiger partial charge in [-0.1, -0.05) is 18.2 Å². The second-order valence-electron chi connectivity index (χ2n) is 5.90. The van der Waals surface area contributed by atoms with Crippen LogP contribution in [0.4, 0.5) is 15.8 Å². The Kier molecular flexibility index (Phi) is 4.57. The molecule has 7 heteroatoms. The summed E-state index contributed by atoms with van der Waals surface area (Å²) in [5.41, 5.74) is 2.11. The predicted octanol–water partition coefficient (Wildman–Crippen LogP) is 3.81. The van der Waals surface area contributed by atoms with Gasteiger partial charge in [-0.2, -0.15) is 0 Å². The monoisotopic (exact) mass is 365 g/mol. The molecular weight excluding hydrogens is 349 g/mol. The molecule has 27 heavy (non-hydrogen) atoms. The van der Waals surface area contributed by atoms with Gasteiger partial charge in [-0.25, -0.2) is 9.37 Å². The smallest absolute Gasteiger partial charge is 0.274 e. The van der Waals surface area contributed by atoms with E-state index in [4.69, 9.17) is 9.47 Å². The first-order valence-electron chi connectivity index (χ1n) is 8.33. The number of ether oxygens (including phenoxy) is 2. The summed E-state index contributed by atoms with van der Waals surface area (Å²) < 4.78 is 24.2. The van der Waals surface area contributed by atoms with E-state index in [9.17, 15) is 9.18 Å². The summed E-state index contributed by atoms with van der Waals surface area (Å²) in [4.78, 5) is 16.5. The summed E-state index contributed by atoms with van der Waals surface area (Å²) >= 11 is 0. The van der Waals surface area contributed by atoms with E-state index < -0.39 is 0 Å². The number of pyridine rings is 1. The van der Waals surface area contributed by atoms with Crippen LogP contribution in [0.1, 0.15) is 16.1 Å². The number of benzene rings is 2. The number of aromatic nitrogens is 1. The number of hydrogen-bond acceptors (Lipinski definition) is 5. The van der Waals surface area contributed by atoms with E-state index in [1.165, 1.54) is 12.3 Å². The quantitative estimate of drug-likeness (QED) is 0.719. The van der Waals surface area contributed by atoms with Gasteiger partial charge in [-0.3, -0.25) is 4.79 Å². The SMILES string of the molecule is O=C(Nc1ccc2c(c1)OCO2)c1ccc(NCc2ccccc2F)cn1. The van der Waals surface area contributed by atoms with Crippen LogP contribution >= 0.6 is 0 Å². The molecule has 2 heterocycles. The molecule has 0 saturated heterocycles. The molecule has 1 amide bonds. The van der Waals surface area contributed by atoms with Crippen molar-refractivity contribution in [2.24, 2.45) is 0 Å². The van der Waals surface area contributed by atoms with Crippen molar-refractivity contribution in [3.8, 4) is 11.5 Å². The van der Waals surface area contributed by atoms with Crippen LogP contribution in [-0.2, 0) is 6.54 Å². The first-order valence-corrected chi connectivity index (χ1v) is 8.33. The minimum atomic E-state index is -0.338. The molecule has 0 saturated carbocycles. The molecule has 136 valence electrons. The van der Waals surface area contributed by atoms with E-state index >= 15 is 0 Å². The Morgan fingerprint density at radius 2 is 1.85 bits per heavy atom. The zero-order valence-corrected chi connectivity index (χ0v) is 14.2. The van der Waals surface area contributed by atoms with Gasteiger partial charge in [-0.15, -0.1) is 0 Å². The highest BCUT2D eigenvalue weighted by Crippen LogP contribution is 2.34. The fourth-order valence-corrected chi connectivity index (χ4v) is 2.64. The molecule has 4 rings (SSSR count). The Bertz CT molecular complexity index is 976. The molecule has 0 fully saturated rings. The van der Waals surface area contributed by atoms with Crippen molar-refractivity contribution in [2.75, 3.05) is 17.4 Å². The van der Waals surface area contributed by atoms with Crippen molar-refractivity contribution in [3.63, 3.8) is 0 Å². The van der Waals surface area contributed by atoms with Crippen LogP contribution in [0.2, 0.25) is 0 Å². The molecule has 1 aromatic heterocycles. The van der Waals surface area contributed by atoms with Crippen molar-refractivity contribution in [2.45, 2.75) is 6.54 Å². The Morgan fingerprint density at radius 3 is 2.67 bits per heavy atom. The van der Waals surface area contributed by atoms with E-state index in [1.54, 1.807) is 48.5 Å². The predicted molar refractivity (Wildman–Crippen MR) is 98.5 cm³/mol. The van der Waals surface area contributed by atoms with Crippen molar-refractivity contribution in [1.29, 1.82) is 0 Å². The molecular formula is C20H16FN3O3. The van der Waals surface area contributed by atoms with E-state index in [0.29, 0.717) is 35.0 Å². The summed E-state index contributed by atoms with van der Waals surface area (Å²) in [5.74, 6) is 0.636. The van der Waals surface area contributed by atoms with Crippen LogP contribution in [0.3, 0.4) is 0 Å². The van der Waals surface area contributed by atoms with Crippen LogP contribution in [0.15, 0.2) is 60.8 Å². The average Bonchev–Trinajstić information content (AvgIpc) is 3.15. The summed E-state index contributed by atoms with van der Waals surface area (Å²) in [5, 5.41) is 5.85. The number of nitrogens with one attached hydrogen (secondary N) is 2. The highest BCUT2D eigenvalue weighted by molar-refractivity contribution is 6.03. The molecule has 0 aliphatic carbocycles. The summed E-state index contributed by atoms with van der Waals surface area (Å²) in [6, 6.07) is 15.0. The third-order valence-corrected chi connectivity index (χ3v) is 4.07. The molecule has 0 bridgehead atoms. The number of rotatable bonds is 5. The molecule has 2 N–H and O–H groups in total. The zero-order valence-electron chi connectivity index (χ0n) is 14.2. The third kappa shape index (κ3) is 3.82. The second-order valence-corrected chi connectivity index (χ2v) is 5.90. The molecule has 1 aliphatic heterocycles. The van der Waals surface area contributed by atoms with E-state index in [0.717, 1.165) is 0 Å². The fraction of sp³-hybridized carbons (Fsp3) is 0.100. The molecule has 0 unspecified atom stereocenters. The molecule has 3 aromatic rings. The van der Waals surface area contributed by atoms with Crippen LogP contribution in [-0.4, -0.2) is 17.7 Å². The summed E-state index contributed by atoms with van der Waals surface area (Å²) in [7, 11) is 0. The van der Waals surface area contributed by atoms with Gasteiger partial charge in [0, 0.05) is 23.9 Å². The maximum absolute atomic E-state index is 13.6. The molecule has 6 nitrogen and oxygen atoms in total. The normalized spacial score (nSPS) is 11.9. The Balaban J connectivity index is 1.38. The van der Waals surface area contributed by atoms with Crippen LogP contribution in [0.25, 0.3) is 0 Å². The largest absolute Gasteiger partial charge is 0.454 e. The maximum atomic E-state index is 13.6. The third-order valence-electron chi connectivity index (χ3n) is 4.07. The number of anilines is 2. The molecule has 0 spiro atoms. The van der Waals surface area contributed by atoms with Gasteiger partial charge >= 0.3 is 0 Å². The lowest BCUT2D eigenvalue weighted by Gasteiger charge is -2.09. The van der Waals surface area contributed by atoms with Gasteiger partial charge in [0.1, 0.15) is 11.5 Å². The Labute approximate surface area is 155 Å². The first kappa shape index (κ1) is 16.8. The lowest BCUT2D eigenvalue weighted by molar-refractivity contribution is 0.102. The number of carbonyl (C=O) groups is 1. The molecule has 2 aromatic carbocycles. The number of carbonyl (C=O) groups excluding carboxylic acids is 1. The topological polar surface area (TPSA) is 72.5 Å². The van der Waals surface area contributed by atoms with E-state index in [2.05, 4.69) is 15.6 Å². The summed E-state index contributed by atoms with van der Waals surface area (Å²) in [6.07, 6.45) is 1.54. The second kappa shape index (κ2) is 7.33. The number of halogens is 1. The van der Waals surface area contributed by atoms with Crippen molar-refractivity contribution in [1.82, 2.24) is 4.98 Å². The highest BCUT2D eigenvalue weighted by atomic mass is 19.1. The molecule has 0 radical (unpaired) electrons. The van der Waals surface area contributed by atoms with Gasteiger partial charge in [0.15, 0.2) is 11.5 Å². The standard InChI is InChI=1S/C20H16FN3O3/c21-16-4-2-1-3-13(16)10-22-15-5-7-17(23-11-15)20(25)24-14-6-8-18-19(9-14)27-12-26-18/h1-9,11,22H,10,12H2,(H,24,25). The van der Waals surface area contributed by atoms with Gasteiger partial charge in [0.25, 0.3) is 5.91 Å². The Morgan fingerprint density at radius 1 is 1.04 bits per heavy atom. The van der Waals surface area contributed by atoms with Crippen molar-refractivity contribution < 1.29 is 18.7 Å². The number of amides is 1. The van der Waals surface area contributed by atoms with Crippen LogP contribution in [0, 0.1) is 5.82 Å². The van der Waals surface area contributed by atoms with Gasteiger partial charge in [0.2, 0.25) is 6.79 Å². The molecule has 0 atom stereocenters. The van der Waals surface area contributed by atoms with Crippen LogP contribution < -0.4 is 20.1 Å². The fourth-order valence-electron chi connectivity index (χ4n) is 2.64. The van der Waals surface area contributed by atoms with E-state index in [-0.39, 0.29) is 24.2 Å². The number of fused-ring (bicyclic) bond motifs is 1. The lowest BCUT2D eigenvalue weighted by Crippen LogP contribution is -2.13. The maximum Gasteiger partial charge on any atom is 0.274 e. The van der Waals surface area contributed by atoms with Gasteiger partial charge in [-0.05, 0) is 30.3 Å². The average molecular weight is 365 g/mol. The van der Waals surface area contributed by atoms with Crippen molar-refractivity contribution in [3.05, 3.63) is 77.9 Å². The Hall–Kier alpha value is -3.61. The zero-order chi connectivity index (χ0) is 18.6. The molecule has 1 aliphatic rings. The summed E-state index contributed by atoms with van der Waals surface area (Å²) in [6.45, 7) is 0.507. The number of nitrogens with zero attached hydrogens (tertiary/aromatic N) is 1. The first-order chi connectivity index (χ1) is 13.2. The minimum Gasteiger partial charge on any atom is -0.454 e. The van der Waals surface area contributed by atoms with Gasteiger partial charge in [0.05, 0.1) is 11.9 Å². The van der Waals surface area contributed by atoms with Crippen molar-refractivity contribution >= 4 is 17.3 Å². The van der Waals surface area contributed by atoms with E-state index in [1.807, 2.05) is 0 Å². The minimum absolute atomic E-state index is 0.176. The number of hydrogen-bond donors (Lipinski definition) is 2. The van der Waals surface area contributed by atoms with Gasteiger partial charge < -0.3 is 20.1 Å². The lowest BCUT2D eigenvalue weighted by atomic mass is 10.2. The highest BCUT2D eigenvalue weighted by Gasteiger charge is 2.15. The van der Waals surface area contributed by atoms with Crippen LogP contribution in [0.5, 0.6) is 11.5 Å².